The van der Waals surface area contributed by atoms with Crippen LogP contribution in [0.1, 0.15) is 15.2 Å². The quantitative estimate of drug-likeness (QED) is 0.684. The molecular formula is C23H20N2O5S. The Bertz CT molecular complexity index is 1130. The average molecular weight is 436 g/mol. The number of carbonyl (C=O) groups excluding carboxylic acids is 3. The van der Waals surface area contributed by atoms with Crippen LogP contribution in [0.15, 0.2) is 71.4 Å². The van der Waals surface area contributed by atoms with Gasteiger partial charge in [-0.25, -0.2) is 9.59 Å². The third kappa shape index (κ3) is 3.77. The van der Waals surface area contributed by atoms with Crippen LogP contribution < -0.4 is 9.80 Å². The number of methoxy groups -OCH3 is 2. The molecule has 2 aliphatic rings. The minimum atomic E-state index is -0.677. The third-order valence-corrected chi connectivity index (χ3v) is 5.97. The zero-order valence-electron chi connectivity index (χ0n) is 17.0. The number of allylic oxidation sites excluding steroid dienone is 2. The number of esters is 2. The second-order valence-electron chi connectivity index (χ2n) is 6.81. The molecule has 0 radical (unpaired) electrons. The Morgan fingerprint density at radius 2 is 1.84 bits per heavy atom. The largest absolute Gasteiger partial charge is 0.465 e. The van der Waals surface area contributed by atoms with Gasteiger partial charge in [-0.15, -0.1) is 11.3 Å². The van der Waals surface area contributed by atoms with E-state index in [0.717, 1.165) is 17.7 Å². The summed E-state index contributed by atoms with van der Waals surface area (Å²) in [4.78, 5) is 41.9. The van der Waals surface area contributed by atoms with Crippen molar-refractivity contribution in [2.45, 2.75) is 6.42 Å². The molecule has 0 spiro atoms. The van der Waals surface area contributed by atoms with Gasteiger partial charge in [0.15, 0.2) is 0 Å². The highest BCUT2D eigenvalue weighted by molar-refractivity contribution is 7.12. The molecule has 4 rings (SSSR count). The van der Waals surface area contributed by atoms with Crippen LogP contribution in [-0.2, 0) is 25.5 Å². The van der Waals surface area contributed by atoms with Crippen molar-refractivity contribution in [2.75, 3.05) is 30.6 Å². The smallest absolute Gasteiger partial charge is 0.355 e. The molecule has 1 amide bonds. The molecule has 3 heterocycles. The molecule has 8 heteroatoms. The van der Waals surface area contributed by atoms with Gasteiger partial charge in [-0.3, -0.25) is 4.79 Å². The van der Waals surface area contributed by atoms with Gasteiger partial charge < -0.3 is 19.3 Å². The first kappa shape index (κ1) is 20.6. The van der Waals surface area contributed by atoms with E-state index in [2.05, 4.69) is 0 Å². The number of ether oxygens (including phenoxy) is 2. The SMILES string of the molecule is COC(=O)C1=C(C(=O)OC)N(c2ccc3c(c2)N(C(=O)c2cccs2)CC3)C=CC=C1. The van der Waals surface area contributed by atoms with Crippen molar-refractivity contribution in [1.82, 2.24) is 0 Å². The van der Waals surface area contributed by atoms with Crippen LogP contribution in [0.5, 0.6) is 0 Å². The fraction of sp³-hybridized carbons (Fsp3) is 0.174. The summed E-state index contributed by atoms with van der Waals surface area (Å²) in [5.41, 5.74) is 2.55. The second kappa shape index (κ2) is 8.61. The predicted octanol–water partition coefficient (Wildman–Crippen LogP) is 3.44. The minimum absolute atomic E-state index is 0.0356. The Morgan fingerprint density at radius 3 is 2.55 bits per heavy atom. The molecule has 7 nitrogen and oxygen atoms in total. The number of amides is 1. The van der Waals surface area contributed by atoms with Gasteiger partial charge in [-0.2, -0.15) is 0 Å². The normalized spacial score (nSPS) is 15.0. The number of hydrogen-bond acceptors (Lipinski definition) is 7. The summed E-state index contributed by atoms with van der Waals surface area (Å²) in [6.45, 7) is 0.583. The van der Waals surface area contributed by atoms with Crippen LogP contribution in [0.25, 0.3) is 0 Å². The van der Waals surface area contributed by atoms with Crippen molar-refractivity contribution < 1.29 is 23.9 Å². The zero-order chi connectivity index (χ0) is 22.0. The van der Waals surface area contributed by atoms with Gasteiger partial charge in [0.2, 0.25) is 0 Å². The van der Waals surface area contributed by atoms with E-state index in [1.807, 2.05) is 29.6 Å². The van der Waals surface area contributed by atoms with Crippen LogP contribution in [-0.4, -0.2) is 38.6 Å². The molecule has 158 valence electrons. The number of carbonyl (C=O) groups is 3. The molecular weight excluding hydrogens is 416 g/mol. The minimum Gasteiger partial charge on any atom is -0.465 e. The van der Waals surface area contributed by atoms with E-state index in [9.17, 15) is 14.4 Å². The monoisotopic (exact) mass is 436 g/mol. The van der Waals surface area contributed by atoms with Crippen LogP contribution >= 0.6 is 11.3 Å². The van der Waals surface area contributed by atoms with Gasteiger partial charge >= 0.3 is 11.9 Å². The molecule has 0 saturated heterocycles. The number of nitrogens with zero attached hydrogens (tertiary/aromatic N) is 2. The van der Waals surface area contributed by atoms with Gasteiger partial charge in [0.1, 0.15) is 5.70 Å². The topological polar surface area (TPSA) is 76.2 Å². The van der Waals surface area contributed by atoms with Gasteiger partial charge in [0.05, 0.1) is 24.7 Å². The highest BCUT2D eigenvalue weighted by atomic mass is 32.1. The molecule has 0 atom stereocenters. The molecule has 0 fully saturated rings. The van der Waals surface area contributed by atoms with Crippen LogP contribution in [0.4, 0.5) is 11.4 Å². The lowest BCUT2D eigenvalue weighted by Gasteiger charge is -2.25. The number of fused-ring (bicyclic) bond motifs is 1. The number of thiophene rings is 1. The van der Waals surface area contributed by atoms with Crippen molar-refractivity contribution >= 4 is 40.6 Å². The maximum absolute atomic E-state index is 13.0. The van der Waals surface area contributed by atoms with E-state index in [0.29, 0.717) is 17.1 Å². The van der Waals surface area contributed by atoms with Crippen molar-refractivity contribution in [3.8, 4) is 0 Å². The highest BCUT2D eigenvalue weighted by Crippen LogP contribution is 2.36. The molecule has 0 aliphatic carbocycles. The lowest BCUT2D eigenvalue weighted by atomic mass is 10.1. The summed E-state index contributed by atoms with van der Waals surface area (Å²) in [5, 5.41) is 1.87. The predicted molar refractivity (Wildman–Crippen MR) is 118 cm³/mol. The fourth-order valence-corrected chi connectivity index (χ4v) is 4.30. The Hall–Kier alpha value is -3.65. The van der Waals surface area contributed by atoms with E-state index >= 15 is 0 Å². The molecule has 0 saturated carbocycles. The van der Waals surface area contributed by atoms with E-state index < -0.39 is 11.9 Å². The summed E-state index contributed by atoms with van der Waals surface area (Å²) < 4.78 is 9.80. The Morgan fingerprint density at radius 1 is 1.03 bits per heavy atom. The number of hydrogen-bond donors (Lipinski definition) is 0. The van der Waals surface area contributed by atoms with Crippen molar-refractivity contribution in [2.24, 2.45) is 0 Å². The van der Waals surface area contributed by atoms with E-state index in [1.54, 1.807) is 34.2 Å². The standard InChI is InChI=1S/C23H20N2O5S/c1-29-22(27)17-6-3-4-11-24(20(17)23(28)30-2)16-9-8-15-10-12-25(18(15)14-16)21(26)19-7-5-13-31-19/h3-9,11,13-14H,10,12H2,1-2H3. The lowest BCUT2D eigenvalue weighted by molar-refractivity contribution is -0.139. The summed E-state index contributed by atoms with van der Waals surface area (Å²) in [6.07, 6.45) is 7.28. The first-order chi connectivity index (χ1) is 15.0. The van der Waals surface area contributed by atoms with Crippen molar-refractivity contribution in [3.05, 3.63) is 81.9 Å². The summed E-state index contributed by atoms with van der Waals surface area (Å²) >= 11 is 1.40. The fourth-order valence-electron chi connectivity index (χ4n) is 3.63. The maximum Gasteiger partial charge on any atom is 0.355 e. The summed E-state index contributed by atoms with van der Waals surface area (Å²) in [5.74, 6) is -1.39. The molecule has 1 aromatic carbocycles. The lowest BCUT2D eigenvalue weighted by Crippen LogP contribution is -2.29. The molecule has 1 aromatic heterocycles. The molecule has 0 bridgehead atoms. The Labute approximate surface area is 183 Å². The zero-order valence-corrected chi connectivity index (χ0v) is 17.8. The third-order valence-electron chi connectivity index (χ3n) is 5.11. The van der Waals surface area contributed by atoms with Gasteiger partial charge in [-0.05, 0) is 47.7 Å². The second-order valence-corrected chi connectivity index (χ2v) is 7.76. The molecule has 31 heavy (non-hydrogen) atoms. The first-order valence-electron chi connectivity index (χ1n) is 9.58. The van der Waals surface area contributed by atoms with Gasteiger partial charge in [0.25, 0.3) is 5.91 Å². The Balaban J connectivity index is 1.79. The number of rotatable bonds is 4. The Kier molecular flexibility index (Phi) is 5.73. The average Bonchev–Trinajstić information content (AvgIpc) is 3.43. The van der Waals surface area contributed by atoms with Crippen molar-refractivity contribution in [3.63, 3.8) is 0 Å². The number of anilines is 2. The van der Waals surface area contributed by atoms with Crippen LogP contribution in [0.2, 0.25) is 0 Å². The highest BCUT2D eigenvalue weighted by Gasteiger charge is 2.30. The molecule has 2 aromatic rings. The first-order valence-corrected chi connectivity index (χ1v) is 10.5. The van der Waals surface area contributed by atoms with Gasteiger partial charge in [0, 0.05) is 24.1 Å². The molecule has 0 unspecified atom stereocenters. The summed E-state index contributed by atoms with van der Waals surface area (Å²) in [7, 11) is 2.51. The van der Waals surface area contributed by atoms with Gasteiger partial charge in [-0.1, -0.05) is 18.2 Å². The summed E-state index contributed by atoms with van der Waals surface area (Å²) in [6, 6.07) is 9.29. The van der Waals surface area contributed by atoms with E-state index in [4.69, 9.17) is 9.47 Å². The van der Waals surface area contributed by atoms with Crippen molar-refractivity contribution in [1.29, 1.82) is 0 Å². The molecule has 2 aliphatic heterocycles. The molecule has 0 N–H and O–H groups in total. The van der Waals surface area contributed by atoms with E-state index in [-0.39, 0.29) is 17.2 Å². The van der Waals surface area contributed by atoms with E-state index in [1.165, 1.54) is 31.6 Å². The van der Waals surface area contributed by atoms with Crippen LogP contribution in [0, 0.1) is 0 Å². The van der Waals surface area contributed by atoms with Crippen LogP contribution in [0.3, 0.4) is 0 Å². The maximum atomic E-state index is 13.0. The number of benzene rings is 1.